The van der Waals surface area contributed by atoms with Crippen LogP contribution >= 0.6 is 0 Å². The van der Waals surface area contributed by atoms with Crippen LogP contribution in [0.2, 0.25) is 0 Å². The van der Waals surface area contributed by atoms with Crippen molar-refractivity contribution < 1.29 is 29.3 Å². The largest absolute Gasteiger partial charge is 0.481 e. The van der Waals surface area contributed by atoms with E-state index in [1.54, 1.807) is 0 Å². The Morgan fingerprint density at radius 3 is 2.26 bits per heavy atom. The average molecular weight is 383 g/mol. The van der Waals surface area contributed by atoms with Crippen LogP contribution in [0.3, 0.4) is 0 Å². The summed E-state index contributed by atoms with van der Waals surface area (Å²) < 4.78 is 5.31. The maximum Gasteiger partial charge on any atom is 0.306 e. The fraction of sp³-hybridized carbons (Fsp3) is 0.850. The molecule has 3 N–H and O–H groups in total. The highest BCUT2D eigenvalue weighted by Crippen LogP contribution is 2.44. The van der Waals surface area contributed by atoms with Crippen LogP contribution in [0, 0.1) is 17.3 Å². The summed E-state index contributed by atoms with van der Waals surface area (Å²) in [5, 5.41) is 21.8. The first kappa shape index (κ1) is 21.7. The van der Waals surface area contributed by atoms with Gasteiger partial charge in [-0.2, -0.15) is 0 Å². The molecule has 0 radical (unpaired) electrons. The summed E-state index contributed by atoms with van der Waals surface area (Å²) in [7, 11) is 0. The average Bonchev–Trinajstić information content (AvgIpc) is 3.11. The second kappa shape index (κ2) is 10.1. The van der Waals surface area contributed by atoms with Crippen molar-refractivity contribution in [3.05, 3.63) is 0 Å². The molecule has 1 atom stereocenters. The first-order chi connectivity index (χ1) is 12.9. The number of hydrogen-bond donors (Lipinski definition) is 3. The fourth-order valence-electron chi connectivity index (χ4n) is 4.55. The SMILES string of the molecule is CCOCCC(CC1(C(=O)N[C@H]2CC[C@@H](C(=O)O)CC2)CCCC1)C(=O)O. The molecule has 0 bridgehead atoms. The highest BCUT2D eigenvalue weighted by Gasteiger charge is 2.44. The minimum absolute atomic E-state index is 0.00252. The number of ether oxygens (including phenoxy) is 1. The molecule has 1 unspecified atom stereocenters. The van der Waals surface area contributed by atoms with Gasteiger partial charge in [0, 0.05) is 19.3 Å². The van der Waals surface area contributed by atoms with Crippen LogP contribution in [0.25, 0.3) is 0 Å². The van der Waals surface area contributed by atoms with Gasteiger partial charge in [-0.3, -0.25) is 14.4 Å². The van der Waals surface area contributed by atoms with Crippen LogP contribution in [0.15, 0.2) is 0 Å². The van der Waals surface area contributed by atoms with Gasteiger partial charge in [0.2, 0.25) is 5.91 Å². The van der Waals surface area contributed by atoms with Crippen molar-refractivity contribution >= 4 is 17.8 Å². The number of hydrogen-bond acceptors (Lipinski definition) is 4. The Morgan fingerprint density at radius 2 is 1.74 bits per heavy atom. The molecule has 2 aliphatic carbocycles. The van der Waals surface area contributed by atoms with Crippen molar-refractivity contribution in [1.82, 2.24) is 5.32 Å². The van der Waals surface area contributed by atoms with Gasteiger partial charge >= 0.3 is 11.9 Å². The Morgan fingerprint density at radius 1 is 1.11 bits per heavy atom. The molecule has 2 aliphatic rings. The summed E-state index contributed by atoms with van der Waals surface area (Å²) in [4.78, 5) is 35.9. The molecule has 154 valence electrons. The van der Waals surface area contributed by atoms with E-state index in [4.69, 9.17) is 9.84 Å². The van der Waals surface area contributed by atoms with Gasteiger partial charge < -0.3 is 20.3 Å². The van der Waals surface area contributed by atoms with Crippen LogP contribution in [0.5, 0.6) is 0 Å². The van der Waals surface area contributed by atoms with E-state index in [1.165, 1.54) is 0 Å². The van der Waals surface area contributed by atoms with Crippen molar-refractivity contribution in [3.8, 4) is 0 Å². The highest BCUT2D eigenvalue weighted by molar-refractivity contribution is 5.84. The van der Waals surface area contributed by atoms with Gasteiger partial charge in [0.15, 0.2) is 0 Å². The summed E-state index contributed by atoms with van der Waals surface area (Å²) in [5.41, 5.74) is -0.612. The molecule has 0 aromatic carbocycles. The van der Waals surface area contributed by atoms with Crippen LogP contribution in [0.1, 0.15) is 71.1 Å². The van der Waals surface area contributed by atoms with E-state index < -0.39 is 23.3 Å². The molecule has 7 heteroatoms. The molecule has 0 saturated heterocycles. The molecule has 0 aromatic heterocycles. The first-order valence-corrected chi connectivity index (χ1v) is 10.2. The molecule has 0 spiro atoms. The lowest BCUT2D eigenvalue weighted by molar-refractivity contribution is -0.145. The normalized spacial score (nSPS) is 25.7. The predicted molar refractivity (Wildman–Crippen MR) is 99.3 cm³/mol. The molecule has 2 rings (SSSR count). The molecule has 2 fully saturated rings. The van der Waals surface area contributed by atoms with E-state index in [1.807, 2.05) is 6.92 Å². The Hall–Kier alpha value is -1.63. The fourth-order valence-corrected chi connectivity index (χ4v) is 4.55. The molecular weight excluding hydrogens is 350 g/mol. The zero-order chi connectivity index (χ0) is 19.9. The van der Waals surface area contributed by atoms with Gasteiger partial charge in [-0.05, 0) is 58.3 Å². The maximum absolute atomic E-state index is 13.1. The monoisotopic (exact) mass is 383 g/mol. The van der Waals surface area contributed by atoms with Gasteiger partial charge in [-0.1, -0.05) is 12.8 Å². The van der Waals surface area contributed by atoms with E-state index in [0.717, 1.165) is 25.7 Å². The molecule has 27 heavy (non-hydrogen) atoms. The quantitative estimate of drug-likeness (QED) is 0.500. The Balaban J connectivity index is 1.96. The van der Waals surface area contributed by atoms with Crippen LogP contribution in [-0.2, 0) is 19.1 Å². The summed E-state index contributed by atoms with van der Waals surface area (Å²) in [5.74, 6) is -2.56. The van der Waals surface area contributed by atoms with Crippen molar-refractivity contribution in [2.45, 2.75) is 77.2 Å². The summed E-state index contributed by atoms with van der Waals surface area (Å²) in [6.07, 6.45) is 6.61. The number of carbonyl (C=O) groups excluding carboxylic acids is 1. The number of carboxylic acids is 2. The zero-order valence-electron chi connectivity index (χ0n) is 16.2. The lowest BCUT2D eigenvalue weighted by Crippen LogP contribution is -2.47. The molecule has 1 amide bonds. The molecule has 2 saturated carbocycles. The van der Waals surface area contributed by atoms with E-state index >= 15 is 0 Å². The molecular formula is C20H33NO6. The van der Waals surface area contributed by atoms with Crippen LogP contribution in [0.4, 0.5) is 0 Å². The van der Waals surface area contributed by atoms with Gasteiger partial charge in [0.25, 0.3) is 0 Å². The number of nitrogens with one attached hydrogen (secondary N) is 1. The summed E-state index contributed by atoms with van der Waals surface area (Å²) in [6.45, 7) is 2.82. The van der Waals surface area contributed by atoms with Crippen LogP contribution in [-0.4, -0.2) is 47.3 Å². The van der Waals surface area contributed by atoms with Crippen molar-refractivity contribution in [3.63, 3.8) is 0 Å². The van der Waals surface area contributed by atoms with Gasteiger partial charge in [0.1, 0.15) is 0 Å². The third kappa shape index (κ3) is 5.92. The van der Waals surface area contributed by atoms with Gasteiger partial charge in [-0.25, -0.2) is 0 Å². The number of carboxylic acid groups (broad SMARTS) is 2. The molecule has 0 heterocycles. The topological polar surface area (TPSA) is 113 Å². The van der Waals surface area contributed by atoms with Crippen LogP contribution < -0.4 is 5.32 Å². The predicted octanol–water partition coefficient (Wildman–Crippen LogP) is 2.82. The molecule has 7 nitrogen and oxygen atoms in total. The minimum Gasteiger partial charge on any atom is -0.481 e. The lowest BCUT2D eigenvalue weighted by atomic mass is 9.75. The number of rotatable bonds is 10. The summed E-state index contributed by atoms with van der Waals surface area (Å²) >= 11 is 0. The van der Waals surface area contributed by atoms with Gasteiger partial charge in [-0.15, -0.1) is 0 Å². The molecule has 0 aliphatic heterocycles. The highest BCUT2D eigenvalue weighted by atomic mass is 16.5. The molecule has 0 aromatic rings. The number of aliphatic carboxylic acids is 2. The standard InChI is InChI=1S/C20H33NO6/c1-2-27-12-9-15(18(24)25)13-20(10-3-4-11-20)19(26)21-16-7-5-14(6-8-16)17(22)23/h14-16H,2-13H2,1H3,(H,21,26)(H,22,23)(H,24,25)/t14-,15?,16+. The summed E-state index contributed by atoms with van der Waals surface area (Å²) in [6, 6.07) is -0.00252. The number of carbonyl (C=O) groups is 3. The minimum atomic E-state index is -0.865. The second-order valence-electron chi connectivity index (χ2n) is 8.07. The first-order valence-electron chi connectivity index (χ1n) is 10.2. The van der Waals surface area contributed by atoms with E-state index in [2.05, 4.69) is 5.32 Å². The number of amides is 1. The Labute approximate surface area is 160 Å². The third-order valence-electron chi connectivity index (χ3n) is 6.26. The van der Waals surface area contributed by atoms with E-state index in [-0.39, 0.29) is 17.9 Å². The van der Waals surface area contributed by atoms with Crippen molar-refractivity contribution in [2.24, 2.45) is 17.3 Å². The van der Waals surface area contributed by atoms with Crippen molar-refractivity contribution in [1.29, 1.82) is 0 Å². The zero-order valence-corrected chi connectivity index (χ0v) is 16.2. The maximum atomic E-state index is 13.1. The van der Waals surface area contributed by atoms with Crippen molar-refractivity contribution in [2.75, 3.05) is 13.2 Å². The third-order valence-corrected chi connectivity index (χ3v) is 6.26. The smallest absolute Gasteiger partial charge is 0.306 e. The van der Waals surface area contributed by atoms with E-state index in [9.17, 15) is 19.5 Å². The Bertz CT molecular complexity index is 521. The lowest BCUT2D eigenvalue weighted by Gasteiger charge is -2.34. The second-order valence-corrected chi connectivity index (χ2v) is 8.07. The Kier molecular flexibility index (Phi) is 8.07. The van der Waals surface area contributed by atoms with Gasteiger partial charge in [0.05, 0.1) is 17.3 Å². The van der Waals surface area contributed by atoms with E-state index in [0.29, 0.717) is 51.7 Å².